The van der Waals surface area contributed by atoms with E-state index >= 15 is 0 Å². The Balaban J connectivity index is 1.98. The number of rotatable bonds is 5. The van der Waals surface area contributed by atoms with Gasteiger partial charge in [0.1, 0.15) is 11.4 Å². The van der Waals surface area contributed by atoms with E-state index in [0.717, 1.165) is 11.5 Å². The van der Waals surface area contributed by atoms with Crippen LogP contribution >= 0.6 is 11.8 Å². The first-order valence-electron chi connectivity index (χ1n) is 8.32. The molecule has 0 amide bonds. The Labute approximate surface area is 150 Å². The fourth-order valence-electron chi connectivity index (χ4n) is 2.90. The molecule has 1 aliphatic rings. The number of aromatic nitrogens is 1. The molecule has 1 aliphatic heterocycles. The zero-order chi connectivity index (χ0) is 17.9. The lowest BCUT2D eigenvalue weighted by atomic mass is 9.96. The van der Waals surface area contributed by atoms with E-state index in [0.29, 0.717) is 29.4 Å². The number of nitrogens with zero attached hydrogens (tertiary/aromatic N) is 1. The minimum absolute atomic E-state index is 0.237. The lowest BCUT2D eigenvalue weighted by molar-refractivity contribution is 0.0449. The third kappa shape index (κ3) is 4.04. The number of hydrogen-bond acceptors (Lipinski definition) is 6. The SMILES string of the molecule is CCOC(=O)c1cnc2ccc(F)cc2c1NCC1(O)CCSCC1. The van der Waals surface area contributed by atoms with Crippen LogP contribution in [0.3, 0.4) is 0 Å². The molecule has 3 rings (SSSR count). The molecule has 5 nitrogen and oxygen atoms in total. The number of fused-ring (bicyclic) bond motifs is 1. The minimum Gasteiger partial charge on any atom is -0.462 e. The number of halogens is 1. The maximum absolute atomic E-state index is 13.7. The van der Waals surface area contributed by atoms with Crippen LogP contribution in [0.1, 0.15) is 30.1 Å². The van der Waals surface area contributed by atoms with E-state index in [9.17, 15) is 14.3 Å². The minimum atomic E-state index is -0.833. The van der Waals surface area contributed by atoms with Gasteiger partial charge in [-0.3, -0.25) is 4.98 Å². The van der Waals surface area contributed by atoms with E-state index in [4.69, 9.17) is 4.74 Å². The molecule has 7 heteroatoms. The largest absolute Gasteiger partial charge is 0.462 e. The number of hydrogen-bond donors (Lipinski definition) is 2. The van der Waals surface area contributed by atoms with E-state index in [1.54, 1.807) is 13.0 Å². The van der Waals surface area contributed by atoms with Crippen LogP contribution in [-0.2, 0) is 4.74 Å². The van der Waals surface area contributed by atoms with Crippen LogP contribution in [0.2, 0.25) is 0 Å². The number of ether oxygens (including phenoxy) is 1. The number of carbonyl (C=O) groups excluding carboxylic acids is 1. The molecule has 1 fully saturated rings. The van der Waals surface area contributed by atoms with Crippen molar-refractivity contribution in [3.8, 4) is 0 Å². The van der Waals surface area contributed by atoms with Crippen molar-refractivity contribution in [3.63, 3.8) is 0 Å². The number of pyridine rings is 1. The monoisotopic (exact) mass is 364 g/mol. The summed E-state index contributed by atoms with van der Waals surface area (Å²) >= 11 is 1.82. The van der Waals surface area contributed by atoms with Gasteiger partial charge < -0.3 is 15.2 Å². The quantitative estimate of drug-likeness (QED) is 0.794. The summed E-state index contributed by atoms with van der Waals surface area (Å²) in [5.41, 5.74) is 0.437. The maximum atomic E-state index is 13.7. The van der Waals surface area contributed by atoms with Crippen LogP contribution in [-0.4, -0.2) is 46.3 Å². The molecule has 1 aromatic heterocycles. The number of benzene rings is 1. The Morgan fingerprint density at radius 2 is 2.20 bits per heavy atom. The van der Waals surface area contributed by atoms with Gasteiger partial charge in [-0.2, -0.15) is 11.8 Å². The van der Waals surface area contributed by atoms with E-state index < -0.39 is 17.4 Å². The van der Waals surface area contributed by atoms with Crippen molar-refractivity contribution in [2.75, 3.05) is 30.0 Å². The molecule has 1 aromatic carbocycles. The Morgan fingerprint density at radius 1 is 1.44 bits per heavy atom. The van der Waals surface area contributed by atoms with Gasteiger partial charge in [-0.1, -0.05) is 0 Å². The fourth-order valence-corrected chi connectivity index (χ4v) is 4.15. The third-order valence-corrected chi connectivity index (χ3v) is 5.33. The highest BCUT2D eigenvalue weighted by atomic mass is 32.2. The number of esters is 1. The molecule has 0 saturated carbocycles. The highest BCUT2D eigenvalue weighted by molar-refractivity contribution is 7.99. The first-order valence-corrected chi connectivity index (χ1v) is 9.47. The number of thioether (sulfide) groups is 1. The molecule has 2 heterocycles. The standard InChI is InChI=1S/C18H21FN2O3S/c1-2-24-17(22)14-10-20-15-4-3-12(19)9-13(15)16(14)21-11-18(23)5-7-25-8-6-18/h3-4,9-10,23H,2,5-8,11H2,1H3,(H,20,21). The number of aliphatic hydroxyl groups is 1. The number of carbonyl (C=O) groups is 1. The van der Waals surface area contributed by atoms with Gasteiger partial charge in [-0.25, -0.2) is 9.18 Å². The second-order valence-electron chi connectivity index (χ2n) is 6.12. The zero-order valence-corrected chi connectivity index (χ0v) is 14.9. The van der Waals surface area contributed by atoms with Crippen molar-refractivity contribution in [1.82, 2.24) is 4.98 Å². The molecular weight excluding hydrogens is 343 g/mol. The summed E-state index contributed by atoms with van der Waals surface area (Å²) in [6.45, 7) is 2.25. The van der Waals surface area contributed by atoms with Gasteiger partial charge in [0.2, 0.25) is 0 Å². The average molecular weight is 364 g/mol. The summed E-state index contributed by atoms with van der Waals surface area (Å²) in [5, 5.41) is 14.4. The molecule has 134 valence electrons. The molecule has 1 saturated heterocycles. The molecular formula is C18H21FN2O3S. The number of nitrogens with one attached hydrogen (secondary N) is 1. The smallest absolute Gasteiger partial charge is 0.341 e. The summed E-state index contributed by atoms with van der Waals surface area (Å²) in [7, 11) is 0. The van der Waals surface area contributed by atoms with Crippen LogP contribution in [0.15, 0.2) is 24.4 Å². The normalized spacial score (nSPS) is 16.6. The van der Waals surface area contributed by atoms with Crippen molar-refractivity contribution < 1.29 is 19.0 Å². The van der Waals surface area contributed by atoms with Crippen molar-refractivity contribution in [2.45, 2.75) is 25.4 Å². The summed E-state index contributed by atoms with van der Waals surface area (Å²) in [6.07, 6.45) is 2.79. The van der Waals surface area contributed by atoms with Crippen LogP contribution in [0.5, 0.6) is 0 Å². The first-order chi connectivity index (χ1) is 12.0. The molecule has 25 heavy (non-hydrogen) atoms. The van der Waals surface area contributed by atoms with E-state index in [-0.39, 0.29) is 18.7 Å². The molecule has 0 bridgehead atoms. The van der Waals surface area contributed by atoms with Crippen LogP contribution in [0.25, 0.3) is 10.9 Å². The highest BCUT2D eigenvalue weighted by Crippen LogP contribution is 2.31. The highest BCUT2D eigenvalue weighted by Gasteiger charge is 2.30. The predicted molar refractivity (Wildman–Crippen MR) is 97.7 cm³/mol. The van der Waals surface area contributed by atoms with Gasteiger partial charge in [-0.15, -0.1) is 0 Å². The fraction of sp³-hybridized carbons (Fsp3) is 0.444. The molecule has 2 N–H and O–H groups in total. The van der Waals surface area contributed by atoms with E-state index in [1.807, 2.05) is 11.8 Å². The lowest BCUT2D eigenvalue weighted by Crippen LogP contribution is -2.40. The Bertz CT molecular complexity index is 778. The van der Waals surface area contributed by atoms with Crippen molar-refractivity contribution >= 4 is 34.3 Å². The summed E-state index contributed by atoms with van der Waals surface area (Å²) in [4.78, 5) is 16.5. The van der Waals surface area contributed by atoms with Crippen LogP contribution < -0.4 is 5.32 Å². The van der Waals surface area contributed by atoms with Crippen LogP contribution in [0, 0.1) is 5.82 Å². The summed E-state index contributed by atoms with van der Waals surface area (Å²) in [5.74, 6) is 0.865. The molecule has 0 radical (unpaired) electrons. The van der Waals surface area contributed by atoms with Gasteiger partial charge in [0.05, 0.1) is 23.4 Å². The Kier molecular flexibility index (Phi) is 5.44. The lowest BCUT2D eigenvalue weighted by Gasteiger charge is -2.32. The maximum Gasteiger partial charge on any atom is 0.341 e. The molecule has 0 atom stereocenters. The van der Waals surface area contributed by atoms with Gasteiger partial charge in [0.15, 0.2) is 0 Å². The van der Waals surface area contributed by atoms with Gasteiger partial charge in [0, 0.05) is 18.1 Å². The van der Waals surface area contributed by atoms with Gasteiger partial charge in [-0.05, 0) is 49.5 Å². The Hall–Kier alpha value is -1.86. The average Bonchev–Trinajstić information content (AvgIpc) is 2.60. The van der Waals surface area contributed by atoms with Crippen molar-refractivity contribution in [3.05, 3.63) is 35.8 Å². The second kappa shape index (κ2) is 7.58. The van der Waals surface area contributed by atoms with Crippen molar-refractivity contribution in [1.29, 1.82) is 0 Å². The number of anilines is 1. The molecule has 2 aromatic rings. The van der Waals surface area contributed by atoms with E-state index in [1.165, 1.54) is 18.3 Å². The first kappa shape index (κ1) is 17.9. The second-order valence-corrected chi connectivity index (χ2v) is 7.34. The molecule has 0 spiro atoms. The van der Waals surface area contributed by atoms with E-state index in [2.05, 4.69) is 10.3 Å². The predicted octanol–water partition coefficient (Wildman–Crippen LogP) is 3.22. The summed E-state index contributed by atoms with van der Waals surface area (Å²) < 4.78 is 18.8. The Morgan fingerprint density at radius 3 is 2.92 bits per heavy atom. The van der Waals surface area contributed by atoms with Gasteiger partial charge >= 0.3 is 5.97 Å². The third-order valence-electron chi connectivity index (χ3n) is 4.34. The van der Waals surface area contributed by atoms with Crippen LogP contribution in [0.4, 0.5) is 10.1 Å². The molecule has 0 unspecified atom stereocenters. The topological polar surface area (TPSA) is 71.5 Å². The summed E-state index contributed by atoms with van der Waals surface area (Å²) in [6, 6.07) is 4.24. The molecule has 0 aliphatic carbocycles. The van der Waals surface area contributed by atoms with Crippen molar-refractivity contribution in [2.24, 2.45) is 0 Å². The van der Waals surface area contributed by atoms with Gasteiger partial charge in [0.25, 0.3) is 0 Å². The zero-order valence-electron chi connectivity index (χ0n) is 14.0.